The van der Waals surface area contributed by atoms with Crippen LogP contribution in [0, 0.1) is 0 Å². The molecule has 19 heavy (non-hydrogen) atoms. The van der Waals surface area contributed by atoms with Crippen molar-refractivity contribution in [1.82, 2.24) is 10.8 Å². The van der Waals surface area contributed by atoms with Crippen LogP contribution in [0.1, 0.15) is 23.7 Å². The molecule has 1 aromatic rings. The molecule has 102 valence electrons. The Bertz CT molecular complexity index is 476. The molecule has 6 heteroatoms. The molecule has 2 amide bonds. The second-order valence-corrected chi connectivity index (χ2v) is 4.28. The van der Waals surface area contributed by atoms with Crippen molar-refractivity contribution in [2.45, 2.75) is 19.4 Å². The molecule has 0 spiro atoms. The van der Waals surface area contributed by atoms with Gasteiger partial charge in [0, 0.05) is 12.2 Å². The minimum absolute atomic E-state index is 0.148. The summed E-state index contributed by atoms with van der Waals surface area (Å²) in [6, 6.07) is 6.58. The van der Waals surface area contributed by atoms with Gasteiger partial charge in [0.1, 0.15) is 12.6 Å². The number of carbonyl (C=O) groups excluding carboxylic acids is 2. The summed E-state index contributed by atoms with van der Waals surface area (Å²) in [5, 5.41) is 5.83. The number of hydroxylamine groups is 1. The van der Waals surface area contributed by atoms with Gasteiger partial charge in [0.05, 0.1) is 5.56 Å². The van der Waals surface area contributed by atoms with Gasteiger partial charge < -0.3 is 10.6 Å². The summed E-state index contributed by atoms with van der Waals surface area (Å²) < 4.78 is 0. The lowest BCUT2D eigenvalue weighted by molar-refractivity contribution is -0.125. The molecule has 1 heterocycles. The fraction of sp³-hybridized carbons (Fsp3) is 0.385. The Morgan fingerprint density at radius 1 is 1.47 bits per heavy atom. The fourth-order valence-corrected chi connectivity index (χ4v) is 1.78. The molecule has 0 radical (unpaired) electrons. The molecule has 1 atom stereocenters. The largest absolute Gasteiger partial charge is 0.384 e. The molecule has 2 rings (SSSR count). The van der Waals surface area contributed by atoms with Crippen molar-refractivity contribution < 1.29 is 14.4 Å². The van der Waals surface area contributed by atoms with E-state index in [-0.39, 0.29) is 18.4 Å². The van der Waals surface area contributed by atoms with E-state index in [9.17, 15) is 9.59 Å². The Labute approximate surface area is 111 Å². The first-order valence-corrected chi connectivity index (χ1v) is 6.27. The van der Waals surface area contributed by atoms with Crippen LogP contribution in [0.2, 0.25) is 0 Å². The molecular weight excluding hydrogens is 246 g/mol. The molecule has 0 unspecified atom stereocenters. The zero-order valence-corrected chi connectivity index (χ0v) is 10.7. The van der Waals surface area contributed by atoms with Crippen molar-refractivity contribution in [3.63, 3.8) is 0 Å². The Kier molecular flexibility index (Phi) is 4.35. The Hall–Kier alpha value is -2.08. The lowest BCUT2D eigenvalue weighted by Gasteiger charge is -2.13. The first kappa shape index (κ1) is 13.4. The van der Waals surface area contributed by atoms with Crippen molar-refractivity contribution in [3.05, 3.63) is 29.8 Å². The number of benzene rings is 1. The zero-order valence-electron chi connectivity index (χ0n) is 10.7. The summed E-state index contributed by atoms with van der Waals surface area (Å²) >= 11 is 0. The molecule has 0 aliphatic carbocycles. The van der Waals surface area contributed by atoms with Crippen LogP contribution in [-0.2, 0) is 9.63 Å². The van der Waals surface area contributed by atoms with E-state index < -0.39 is 6.04 Å². The van der Waals surface area contributed by atoms with Crippen LogP contribution in [0.25, 0.3) is 0 Å². The third kappa shape index (κ3) is 3.23. The Balaban J connectivity index is 2.07. The minimum atomic E-state index is -0.633. The Morgan fingerprint density at radius 2 is 2.26 bits per heavy atom. The van der Waals surface area contributed by atoms with E-state index in [0.29, 0.717) is 5.56 Å². The number of hydrogen-bond donors (Lipinski definition) is 3. The summed E-state index contributed by atoms with van der Waals surface area (Å²) in [7, 11) is 0. The van der Waals surface area contributed by atoms with Crippen LogP contribution in [0.3, 0.4) is 0 Å². The van der Waals surface area contributed by atoms with Crippen LogP contribution < -0.4 is 16.1 Å². The minimum Gasteiger partial charge on any atom is -0.384 e. The molecule has 0 aromatic heterocycles. The normalized spacial score (nSPS) is 17.9. The van der Waals surface area contributed by atoms with E-state index in [0.717, 1.165) is 18.7 Å². The van der Waals surface area contributed by atoms with E-state index in [4.69, 9.17) is 4.84 Å². The summed E-state index contributed by atoms with van der Waals surface area (Å²) in [6.45, 7) is 2.99. The van der Waals surface area contributed by atoms with Crippen LogP contribution >= 0.6 is 0 Å². The highest BCUT2D eigenvalue weighted by Gasteiger charge is 2.27. The van der Waals surface area contributed by atoms with Crippen LogP contribution in [0.5, 0.6) is 0 Å². The van der Waals surface area contributed by atoms with Crippen LogP contribution in [-0.4, -0.2) is 31.0 Å². The van der Waals surface area contributed by atoms with Gasteiger partial charge in [-0.1, -0.05) is 19.1 Å². The van der Waals surface area contributed by atoms with Gasteiger partial charge in [-0.05, 0) is 18.6 Å². The average molecular weight is 263 g/mol. The van der Waals surface area contributed by atoms with Crippen molar-refractivity contribution in [2.75, 3.05) is 18.5 Å². The lowest BCUT2D eigenvalue weighted by Crippen LogP contribution is -2.41. The monoisotopic (exact) mass is 263 g/mol. The molecule has 1 aliphatic heterocycles. The fourth-order valence-electron chi connectivity index (χ4n) is 1.78. The summed E-state index contributed by atoms with van der Waals surface area (Å²) in [5.74, 6) is -0.614. The third-order valence-electron chi connectivity index (χ3n) is 2.78. The van der Waals surface area contributed by atoms with Gasteiger partial charge in [-0.25, -0.2) is 5.48 Å². The number of amides is 2. The van der Waals surface area contributed by atoms with E-state index in [1.807, 2.05) is 12.1 Å². The summed E-state index contributed by atoms with van der Waals surface area (Å²) in [5.41, 5.74) is 3.49. The number of anilines is 1. The second kappa shape index (κ2) is 6.19. The molecule has 1 aliphatic rings. The van der Waals surface area contributed by atoms with E-state index in [2.05, 4.69) is 23.0 Å². The average Bonchev–Trinajstić information content (AvgIpc) is 2.82. The third-order valence-corrected chi connectivity index (χ3v) is 2.78. The molecule has 3 N–H and O–H groups in total. The zero-order chi connectivity index (χ0) is 13.7. The lowest BCUT2D eigenvalue weighted by atomic mass is 10.1. The number of rotatable bonds is 5. The van der Waals surface area contributed by atoms with Gasteiger partial charge in [-0.2, -0.15) is 0 Å². The SMILES string of the molecule is CCCNc1ccccc1C(=O)N[C@@H]1CONC1=O. The highest BCUT2D eigenvalue weighted by atomic mass is 16.7. The standard InChI is InChI=1S/C13H17N3O3/c1-2-7-14-10-6-4-3-5-9(10)12(17)15-11-8-19-16-13(11)18/h3-6,11,14H,2,7-8H2,1H3,(H,15,17)(H,16,18)/t11-/m1/s1. The van der Waals surface area contributed by atoms with Crippen molar-refractivity contribution in [3.8, 4) is 0 Å². The van der Waals surface area contributed by atoms with E-state index >= 15 is 0 Å². The quantitative estimate of drug-likeness (QED) is 0.729. The van der Waals surface area contributed by atoms with E-state index in [1.54, 1.807) is 12.1 Å². The number of nitrogens with one attached hydrogen (secondary N) is 3. The highest BCUT2D eigenvalue weighted by Crippen LogP contribution is 2.15. The van der Waals surface area contributed by atoms with E-state index in [1.165, 1.54) is 0 Å². The number of hydrogen-bond acceptors (Lipinski definition) is 4. The second-order valence-electron chi connectivity index (χ2n) is 4.28. The first-order chi connectivity index (χ1) is 9.22. The van der Waals surface area contributed by atoms with Crippen molar-refractivity contribution in [1.29, 1.82) is 0 Å². The van der Waals surface area contributed by atoms with Gasteiger partial charge in [0.25, 0.3) is 11.8 Å². The summed E-state index contributed by atoms with van der Waals surface area (Å²) in [6.07, 6.45) is 0.967. The maximum atomic E-state index is 12.1. The highest BCUT2D eigenvalue weighted by molar-refractivity contribution is 6.01. The van der Waals surface area contributed by atoms with Crippen molar-refractivity contribution in [2.24, 2.45) is 0 Å². The van der Waals surface area contributed by atoms with Crippen molar-refractivity contribution >= 4 is 17.5 Å². The molecule has 1 fully saturated rings. The topological polar surface area (TPSA) is 79.5 Å². The van der Waals surface area contributed by atoms with Crippen LogP contribution in [0.4, 0.5) is 5.69 Å². The summed E-state index contributed by atoms with van der Waals surface area (Å²) in [4.78, 5) is 28.2. The molecule has 1 saturated heterocycles. The Morgan fingerprint density at radius 3 is 2.95 bits per heavy atom. The maximum absolute atomic E-state index is 12.1. The molecule has 6 nitrogen and oxygen atoms in total. The molecule has 1 aromatic carbocycles. The number of para-hydroxylation sites is 1. The van der Waals surface area contributed by atoms with Gasteiger partial charge >= 0.3 is 0 Å². The molecule has 0 saturated carbocycles. The van der Waals surface area contributed by atoms with Gasteiger partial charge in [0.15, 0.2) is 0 Å². The maximum Gasteiger partial charge on any atom is 0.268 e. The predicted molar refractivity (Wildman–Crippen MR) is 70.6 cm³/mol. The van der Waals surface area contributed by atoms with Gasteiger partial charge in [-0.3, -0.25) is 14.4 Å². The molecular formula is C13H17N3O3. The van der Waals surface area contributed by atoms with Gasteiger partial charge in [0.2, 0.25) is 0 Å². The van der Waals surface area contributed by atoms with Gasteiger partial charge in [-0.15, -0.1) is 0 Å². The smallest absolute Gasteiger partial charge is 0.268 e. The molecule has 0 bridgehead atoms. The predicted octanol–water partition coefficient (Wildman–Crippen LogP) is 0.668. The van der Waals surface area contributed by atoms with Crippen LogP contribution in [0.15, 0.2) is 24.3 Å². The first-order valence-electron chi connectivity index (χ1n) is 6.27. The number of carbonyl (C=O) groups is 2.